The van der Waals surface area contributed by atoms with E-state index in [4.69, 9.17) is 4.74 Å². The molecule has 0 heterocycles. The van der Waals surface area contributed by atoms with E-state index in [0.717, 1.165) is 23.1 Å². The van der Waals surface area contributed by atoms with Crippen LogP contribution in [0, 0.1) is 6.92 Å². The van der Waals surface area contributed by atoms with Crippen molar-refractivity contribution in [1.82, 2.24) is 0 Å². The van der Waals surface area contributed by atoms with Gasteiger partial charge in [0.1, 0.15) is 5.75 Å². The minimum atomic E-state index is 0.700. The predicted molar refractivity (Wildman–Crippen MR) is 100 cm³/mol. The third-order valence-electron chi connectivity index (χ3n) is 3.47. The SMILES string of the molecule is CC.CCOc1cc(Br)c(Cc2ccc(CC)cc2)cc1C. The number of rotatable bonds is 5. The Morgan fingerprint density at radius 2 is 1.55 bits per heavy atom. The summed E-state index contributed by atoms with van der Waals surface area (Å²) >= 11 is 3.66. The average molecular weight is 363 g/mol. The summed E-state index contributed by atoms with van der Waals surface area (Å²) in [4.78, 5) is 0. The molecule has 0 amide bonds. The molecule has 0 fully saturated rings. The first-order chi connectivity index (χ1) is 10.6. The first-order valence-corrected chi connectivity index (χ1v) is 8.93. The summed E-state index contributed by atoms with van der Waals surface area (Å²) < 4.78 is 6.74. The van der Waals surface area contributed by atoms with Gasteiger partial charge >= 0.3 is 0 Å². The van der Waals surface area contributed by atoms with Crippen LogP contribution >= 0.6 is 15.9 Å². The van der Waals surface area contributed by atoms with Crippen LogP contribution in [-0.2, 0) is 12.8 Å². The molecule has 0 aromatic heterocycles. The van der Waals surface area contributed by atoms with Gasteiger partial charge < -0.3 is 4.74 Å². The fourth-order valence-corrected chi connectivity index (χ4v) is 2.74. The predicted octanol–water partition coefficient (Wildman–Crippen LogP) is 6.34. The van der Waals surface area contributed by atoms with Crippen LogP contribution in [0.3, 0.4) is 0 Å². The molecule has 0 saturated carbocycles. The van der Waals surface area contributed by atoms with Gasteiger partial charge in [-0.3, -0.25) is 0 Å². The van der Waals surface area contributed by atoms with Crippen molar-refractivity contribution in [3.05, 3.63) is 63.1 Å². The van der Waals surface area contributed by atoms with E-state index in [1.54, 1.807) is 0 Å². The summed E-state index contributed by atoms with van der Waals surface area (Å²) in [6.45, 7) is 11.0. The lowest BCUT2D eigenvalue weighted by molar-refractivity contribution is 0.337. The van der Waals surface area contributed by atoms with Gasteiger partial charge in [0.2, 0.25) is 0 Å². The van der Waals surface area contributed by atoms with Crippen LogP contribution in [0.2, 0.25) is 0 Å². The van der Waals surface area contributed by atoms with Gasteiger partial charge in [-0.15, -0.1) is 0 Å². The van der Waals surface area contributed by atoms with Gasteiger partial charge in [0.15, 0.2) is 0 Å². The minimum Gasteiger partial charge on any atom is -0.494 e. The zero-order valence-corrected chi connectivity index (χ0v) is 16.0. The molecule has 2 aromatic carbocycles. The molecule has 0 aliphatic carbocycles. The van der Waals surface area contributed by atoms with E-state index >= 15 is 0 Å². The smallest absolute Gasteiger partial charge is 0.123 e. The second-order valence-corrected chi connectivity index (χ2v) is 5.84. The average Bonchev–Trinajstić information content (AvgIpc) is 2.55. The Morgan fingerprint density at radius 3 is 2.09 bits per heavy atom. The van der Waals surface area contributed by atoms with Gasteiger partial charge in [0.25, 0.3) is 0 Å². The molecule has 0 N–H and O–H groups in total. The molecule has 2 aromatic rings. The van der Waals surface area contributed by atoms with Crippen molar-refractivity contribution < 1.29 is 4.74 Å². The third-order valence-corrected chi connectivity index (χ3v) is 4.21. The van der Waals surface area contributed by atoms with E-state index in [9.17, 15) is 0 Å². The van der Waals surface area contributed by atoms with E-state index in [1.807, 2.05) is 20.8 Å². The Hall–Kier alpha value is -1.28. The first-order valence-electron chi connectivity index (χ1n) is 8.13. The van der Waals surface area contributed by atoms with E-state index in [2.05, 4.69) is 66.2 Å². The van der Waals surface area contributed by atoms with Gasteiger partial charge in [0, 0.05) is 4.47 Å². The fraction of sp³-hybridized carbons (Fsp3) is 0.400. The second-order valence-electron chi connectivity index (χ2n) is 4.99. The highest BCUT2D eigenvalue weighted by Gasteiger charge is 2.07. The molecule has 22 heavy (non-hydrogen) atoms. The molecule has 0 aliphatic rings. The number of hydrogen-bond acceptors (Lipinski definition) is 1. The molecule has 0 unspecified atom stereocenters. The lowest BCUT2D eigenvalue weighted by Crippen LogP contribution is -1.97. The van der Waals surface area contributed by atoms with Crippen LogP contribution in [-0.4, -0.2) is 6.61 Å². The van der Waals surface area contributed by atoms with Crippen molar-refractivity contribution >= 4 is 15.9 Å². The monoisotopic (exact) mass is 362 g/mol. The zero-order valence-electron chi connectivity index (χ0n) is 14.4. The van der Waals surface area contributed by atoms with E-state index in [1.165, 1.54) is 22.3 Å². The Kier molecular flexibility index (Phi) is 8.26. The summed E-state index contributed by atoms with van der Waals surface area (Å²) in [6, 6.07) is 13.2. The molecule has 2 heteroatoms. The van der Waals surface area contributed by atoms with Crippen LogP contribution < -0.4 is 4.74 Å². The van der Waals surface area contributed by atoms with Crippen LogP contribution in [0.1, 0.15) is 49.9 Å². The number of halogens is 1. The minimum absolute atomic E-state index is 0.700. The first kappa shape index (κ1) is 18.8. The number of ether oxygens (including phenoxy) is 1. The van der Waals surface area contributed by atoms with Crippen molar-refractivity contribution in [3.8, 4) is 5.75 Å². The molecule has 120 valence electrons. The molecular weight excluding hydrogens is 336 g/mol. The zero-order chi connectivity index (χ0) is 16.5. The van der Waals surface area contributed by atoms with Gasteiger partial charge in [-0.2, -0.15) is 0 Å². The molecule has 0 aliphatic heterocycles. The molecule has 1 nitrogen and oxygen atoms in total. The maximum absolute atomic E-state index is 5.62. The number of benzene rings is 2. The van der Waals surface area contributed by atoms with Crippen LogP contribution in [0.4, 0.5) is 0 Å². The summed E-state index contributed by atoms with van der Waals surface area (Å²) in [5, 5.41) is 0. The van der Waals surface area contributed by atoms with Crippen LogP contribution in [0.5, 0.6) is 5.75 Å². The highest BCUT2D eigenvalue weighted by atomic mass is 79.9. The molecule has 0 radical (unpaired) electrons. The third kappa shape index (κ3) is 5.17. The molecule has 0 saturated heterocycles. The van der Waals surface area contributed by atoms with E-state index in [0.29, 0.717) is 6.61 Å². The summed E-state index contributed by atoms with van der Waals surface area (Å²) in [7, 11) is 0. The van der Waals surface area contributed by atoms with Gasteiger partial charge in [-0.05, 0) is 55.0 Å². The van der Waals surface area contributed by atoms with Crippen molar-refractivity contribution in [2.45, 2.75) is 47.5 Å². The summed E-state index contributed by atoms with van der Waals surface area (Å²) in [5.74, 6) is 0.962. The quantitative estimate of drug-likeness (QED) is 0.603. The normalized spacial score (nSPS) is 9.91. The van der Waals surface area contributed by atoms with Crippen molar-refractivity contribution in [2.75, 3.05) is 6.61 Å². The largest absolute Gasteiger partial charge is 0.494 e. The standard InChI is InChI=1S/C18H21BrO.C2H6/c1-4-14-6-8-15(9-7-14)11-16-10-13(3)18(20-5-2)12-17(16)19;1-2/h6-10,12H,4-5,11H2,1-3H3;1-2H3. The van der Waals surface area contributed by atoms with E-state index < -0.39 is 0 Å². The van der Waals surface area contributed by atoms with Gasteiger partial charge in [-0.25, -0.2) is 0 Å². The lowest BCUT2D eigenvalue weighted by Gasteiger charge is -2.12. The fourth-order valence-electron chi connectivity index (χ4n) is 2.28. The topological polar surface area (TPSA) is 9.23 Å². The lowest BCUT2D eigenvalue weighted by atomic mass is 10.0. The summed E-state index contributed by atoms with van der Waals surface area (Å²) in [5.41, 5.74) is 5.22. The second kappa shape index (κ2) is 9.68. The Balaban J connectivity index is 0.00000116. The van der Waals surface area contributed by atoms with Gasteiger partial charge in [0.05, 0.1) is 6.61 Å². The Morgan fingerprint density at radius 1 is 0.955 bits per heavy atom. The summed E-state index contributed by atoms with van der Waals surface area (Å²) in [6.07, 6.45) is 2.03. The van der Waals surface area contributed by atoms with Crippen LogP contribution in [0.25, 0.3) is 0 Å². The molecule has 2 rings (SSSR count). The number of hydrogen-bond donors (Lipinski definition) is 0. The number of aryl methyl sites for hydroxylation is 2. The highest BCUT2D eigenvalue weighted by Crippen LogP contribution is 2.29. The van der Waals surface area contributed by atoms with Gasteiger partial charge in [-0.1, -0.05) is 67.0 Å². The molecule has 0 atom stereocenters. The molecule has 0 bridgehead atoms. The maximum Gasteiger partial charge on any atom is 0.123 e. The Labute approximate surface area is 143 Å². The van der Waals surface area contributed by atoms with E-state index in [-0.39, 0.29) is 0 Å². The van der Waals surface area contributed by atoms with Crippen molar-refractivity contribution in [2.24, 2.45) is 0 Å². The Bertz CT molecular complexity index is 573. The maximum atomic E-state index is 5.62. The molecular formula is C20H27BrO. The molecule has 0 spiro atoms. The van der Waals surface area contributed by atoms with Crippen molar-refractivity contribution in [1.29, 1.82) is 0 Å². The van der Waals surface area contributed by atoms with Crippen LogP contribution in [0.15, 0.2) is 40.9 Å². The van der Waals surface area contributed by atoms with Crippen molar-refractivity contribution in [3.63, 3.8) is 0 Å². The highest BCUT2D eigenvalue weighted by molar-refractivity contribution is 9.10.